The van der Waals surface area contributed by atoms with E-state index in [4.69, 9.17) is 42.6 Å². The van der Waals surface area contributed by atoms with Crippen LogP contribution in [0, 0.1) is 34.5 Å². The maximum atomic E-state index is 12.6. The first-order chi connectivity index (χ1) is 31.2. The van der Waals surface area contributed by atoms with Crippen molar-refractivity contribution in [2.75, 3.05) is 13.2 Å². The number of ether oxygens (including phenoxy) is 9. The molecule has 0 bridgehead atoms. The zero-order valence-electron chi connectivity index (χ0n) is 38.7. The van der Waals surface area contributed by atoms with Gasteiger partial charge in [-0.3, -0.25) is 0 Å². The summed E-state index contributed by atoms with van der Waals surface area (Å²) in [6, 6.07) is 0. The van der Waals surface area contributed by atoms with Crippen LogP contribution in [0.3, 0.4) is 0 Å². The van der Waals surface area contributed by atoms with E-state index in [0.717, 1.165) is 44.1 Å². The first-order valence-corrected chi connectivity index (χ1v) is 24.5. The van der Waals surface area contributed by atoms with Crippen LogP contribution in [0.1, 0.15) is 105 Å². The van der Waals surface area contributed by atoms with Crippen molar-refractivity contribution in [2.45, 2.75) is 228 Å². The summed E-state index contributed by atoms with van der Waals surface area (Å²) in [6.07, 6.45) is -10.8. The largest absolute Gasteiger partial charge is 0.458 e. The van der Waals surface area contributed by atoms with Crippen LogP contribution in [0.15, 0.2) is 11.6 Å². The maximum Gasteiger partial charge on any atom is 0.331 e. The van der Waals surface area contributed by atoms with Crippen LogP contribution in [-0.4, -0.2) is 187 Å². The van der Waals surface area contributed by atoms with E-state index in [2.05, 4.69) is 6.92 Å². The molecule has 9 rings (SSSR count). The Morgan fingerprint density at radius 2 is 1.23 bits per heavy atom. The fourth-order valence-corrected chi connectivity index (χ4v) is 14.3. The molecule has 9 aliphatic rings. The summed E-state index contributed by atoms with van der Waals surface area (Å²) in [5.41, 5.74) is -0.989. The van der Waals surface area contributed by atoms with E-state index in [-0.39, 0.29) is 61.1 Å². The summed E-state index contributed by atoms with van der Waals surface area (Å²) in [5, 5.41) is 98.4. The molecular formula is C47H74O19. The number of cyclic esters (lactones) is 1. The average molecular weight is 943 g/mol. The fraction of sp³-hybridized carbons (Fsp3) is 0.936. The lowest BCUT2D eigenvalue weighted by atomic mass is 9.42. The minimum atomic E-state index is -1.65. The minimum absolute atomic E-state index is 0.0188. The van der Waals surface area contributed by atoms with Gasteiger partial charge in [0.15, 0.2) is 25.2 Å². The zero-order chi connectivity index (χ0) is 47.2. The molecule has 0 aromatic heterocycles. The predicted octanol–water partition coefficient (Wildman–Crippen LogP) is 0.0423. The van der Waals surface area contributed by atoms with Gasteiger partial charge in [-0.15, -0.1) is 0 Å². The normalized spacial score (nSPS) is 55.3. The van der Waals surface area contributed by atoms with Crippen molar-refractivity contribution in [1.82, 2.24) is 0 Å². The second-order valence-corrected chi connectivity index (χ2v) is 21.6. The summed E-state index contributed by atoms with van der Waals surface area (Å²) in [5.74, 6) is 0.0825. The Hall–Kier alpha value is -1.47. The SMILES string of the molecule is C[C@@H]1O[C@H](O[C@@H]2CC[C@@]3(C)[C@H](CC[C@@H]4[C@@H]3C[C@H](O)[C@]3(C)[C@H](C5=CC(=O)OC5)CC[C@]43O)C2)C[C@H](O)[C@H]1O[C@@H]1C[C@H](O)[C@@H](O[C@@H]2C[C@H](O)[C@@H](O[C@H]3O[C@@H](CO)[C@H](O)[C@@H](O)[C@@H]3O)[C@H](C)O2)[C@H](C)O1. The monoisotopic (exact) mass is 942 g/mol. The molecule has 5 heterocycles. The van der Waals surface area contributed by atoms with Gasteiger partial charge in [0.05, 0.1) is 61.0 Å². The molecule has 0 aromatic carbocycles. The first-order valence-electron chi connectivity index (χ1n) is 24.5. The molecule has 0 unspecified atom stereocenters. The number of aliphatic hydroxyl groups excluding tert-OH is 8. The molecule has 0 aromatic rings. The minimum Gasteiger partial charge on any atom is -0.458 e. The number of hydrogen-bond acceptors (Lipinski definition) is 19. The molecular weight excluding hydrogens is 868 g/mol. The van der Waals surface area contributed by atoms with Crippen LogP contribution in [0.2, 0.25) is 0 Å². The van der Waals surface area contributed by atoms with Crippen molar-refractivity contribution in [3.63, 3.8) is 0 Å². The highest BCUT2D eigenvalue weighted by Crippen LogP contribution is 2.70. The van der Waals surface area contributed by atoms with Gasteiger partial charge in [0.25, 0.3) is 0 Å². The highest BCUT2D eigenvalue weighted by molar-refractivity contribution is 5.85. The molecule has 19 nitrogen and oxygen atoms in total. The molecule has 8 fully saturated rings. The van der Waals surface area contributed by atoms with E-state index in [1.165, 1.54) is 0 Å². The Kier molecular flexibility index (Phi) is 14.2. The van der Waals surface area contributed by atoms with Crippen LogP contribution < -0.4 is 0 Å². The number of hydrogen-bond donors (Lipinski definition) is 9. The zero-order valence-corrected chi connectivity index (χ0v) is 38.7. The maximum absolute atomic E-state index is 12.6. The molecule has 376 valence electrons. The fourth-order valence-electron chi connectivity index (χ4n) is 14.3. The Balaban J connectivity index is 0.737. The van der Waals surface area contributed by atoms with Crippen molar-refractivity contribution in [2.24, 2.45) is 34.5 Å². The van der Waals surface area contributed by atoms with E-state index in [9.17, 15) is 50.8 Å². The Morgan fingerprint density at radius 3 is 1.77 bits per heavy atom. The Labute approximate surface area is 385 Å². The van der Waals surface area contributed by atoms with Gasteiger partial charge in [-0.05, 0) is 107 Å². The van der Waals surface area contributed by atoms with Gasteiger partial charge in [-0.25, -0.2) is 4.79 Å². The lowest BCUT2D eigenvalue weighted by molar-refractivity contribution is -0.355. The lowest BCUT2D eigenvalue weighted by Crippen LogP contribution is -2.67. The van der Waals surface area contributed by atoms with Crippen molar-refractivity contribution < 1.29 is 93.4 Å². The van der Waals surface area contributed by atoms with Gasteiger partial charge in [0.2, 0.25) is 0 Å². The number of carbonyl (C=O) groups is 1. The van der Waals surface area contributed by atoms with Crippen molar-refractivity contribution in [3.8, 4) is 0 Å². The van der Waals surface area contributed by atoms with E-state index in [0.29, 0.717) is 18.8 Å². The first kappa shape index (κ1) is 49.5. The molecule has 0 radical (unpaired) electrons. The van der Waals surface area contributed by atoms with Crippen LogP contribution in [-0.2, 0) is 47.4 Å². The van der Waals surface area contributed by atoms with Gasteiger partial charge in [-0.2, -0.15) is 0 Å². The second-order valence-electron chi connectivity index (χ2n) is 21.6. The molecule has 9 N–H and O–H groups in total. The predicted molar refractivity (Wildman–Crippen MR) is 225 cm³/mol. The second kappa shape index (κ2) is 18.9. The topological polar surface area (TPSA) is 282 Å². The number of rotatable bonds is 10. The Morgan fingerprint density at radius 1 is 0.652 bits per heavy atom. The van der Waals surface area contributed by atoms with E-state index >= 15 is 0 Å². The molecule has 26 atom stereocenters. The third-order valence-electron chi connectivity index (χ3n) is 18.1. The molecule has 4 saturated heterocycles. The van der Waals surface area contributed by atoms with Gasteiger partial charge in [0.1, 0.15) is 49.3 Å². The van der Waals surface area contributed by atoms with Crippen LogP contribution in [0.4, 0.5) is 0 Å². The summed E-state index contributed by atoms with van der Waals surface area (Å²) in [4.78, 5) is 12.0. The highest BCUT2D eigenvalue weighted by atomic mass is 16.8. The quantitative estimate of drug-likeness (QED) is 0.103. The third kappa shape index (κ3) is 8.64. The number of carbonyl (C=O) groups excluding carboxylic acids is 1. The lowest BCUT2D eigenvalue weighted by Gasteiger charge is -2.65. The summed E-state index contributed by atoms with van der Waals surface area (Å²) < 4.78 is 53.9. The van der Waals surface area contributed by atoms with Crippen molar-refractivity contribution in [1.29, 1.82) is 0 Å². The summed E-state index contributed by atoms with van der Waals surface area (Å²) >= 11 is 0. The van der Waals surface area contributed by atoms with Crippen LogP contribution in [0.5, 0.6) is 0 Å². The number of esters is 1. The van der Waals surface area contributed by atoms with E-state index in [1.54, 1.807) is 19.9 Å². The molecule has 5 aliphatic heterocycles. The van der Waals surface area contributed by atoms with Gasteiger partial charge in [-0.1, -0.05) is 13.8 Å². The van der Waals surface area contributed by atoms with E-state index in [1.807, 2.05) is 13.8 Å². The van der Waals surface area contributed by atoms with E-state index < -0.39 is 128 Å². The molecule has 19 heteroatoms. The molecule has 0 spiro atoms. The number of fused-ring (bicyclic) bond motifs is 5. The summed E-state index contributed by atoms with van der Waals surface area (Å²) in [7, 11) is 0. The Bertz CT molecular complexity index is 1720. The van der Waals surface area contributed by atoms with Gasteiger partial charge in [0, 0.05) is 30.8 Å². The average Bonchev–Trinajstić information content (AvgIpc) is 3.82. The highest BCUT2D eigenvalue weighted by Gasteiger charge is 2.71. The van der Waals surface area contributed by atoms with Crippen LogP contribution in [0.25, 0.3) is 0 Å². The summed E-state index contributed by atoms with van der Waals surface area (Å²) in [6.45, 7) is 9.11. The number of aliphatic hydroxyl groups is 9. The molecule has 4 aliphatic carbocycles. The van der Waals surface area contributed by atoms with Crippen molar-refractivity contribution in [3.05, 3.63) is 11.6 Å². The molecule has 66 heavy (non-hydrogen) atoms. The van der Waals surface area contributed by atoms with Crippen LogP contribution >= 0.6 is 0 Å². The van der Waals surface area contributed by atoms with Gasteiger partial charge < -0.3 is 88.6 Å². The van der Waals surface area contributed by atoms with Gasteiger partial charge >= 0.3 is 5.97 Å². The third-order valence-corrected chi connectivity index (χ3v) is 18.1. The molecule has 4 saturated carbocycles. The van der Waals surface area contributed by atoms with Crippen molar-refractivity contribution >= 4 is 5.97 Å². The molecule has 0 amide bonds. The standard InChI is InChI=1S/C47H74O19/c1-20-41(64-36-16-30(50)42(21(2)60-36)65-37-17-31(51)43(22(3)61-37)66-44-40(56)39(55)38(54)32(18-48)63-44)29(49)15-35(59-20)62-25-8-10-45(4)24(13-25)6-7-27-28(45)14-33(52)46(5)26(9-11-47(27,46)57)23-12-34(53)58-19-23/h12,20-22,24-33,35-44,48-52,54-57H,6-11,13-19H2,1-5H3/t20-,21-,22-,24+,25+,26-,27+,28-,29-,30-,31-,32-,33-,35+,36+,37+,38-,39+,40-,41-,42-,43-,44+,45-,46-,47-/m0/s1. The smallest absolute Gasteiger partial charge is 0.331 e.